The molecule has 1 nitrogen and oxygen atoms in total. The van der Waals surface area contributed by atoms with Gasteiger partial charge in [-0.3, -0.25) is 0 Å². The zero-order valence-corrected chi connectivity index (χ0v) is 15.1. The third-order valence-electron chi connectivity index (χ3n) is 3.89. The molecule has 0 aromatic heterocycles. The maximum atomic E-state index is 6.38. The quantitative estimate of drug-likeness (QED) is 0.626. The summed E-state index contributed by atoms with van der Waals surface area (Å²) in [7, 11) is -1.43. The molecule has 0 amide bonds. The lowest BCUT2D eigenvalue weighted by Crippen LogP contribution is -2.43. The average molecular weight is 298 g/mol. The molecule has 21 heavy (non-hydrogen) atoms. The molecule has 0 aliphatic rings. The van der Waals surface area contributed by atoms with Crippen molar-refractivity contribution in [1.82, 2.24) is 0 Å². The average Bonchev–Trinajstić information content (AvgIpc) is 2.37. The Labute approximate surface area is 130 Å². The lowest BCUT2D eigenvalue weighted by atomic mass is 9.85. The topological polar surface area (TPSA) is 26.0 Å². The van der Waals surface area contributed by atoms with Crippen LogP contribution in [0.15, 0.2) is 42.5 Å². The van der Waals surface area contributed by atoms with Crippen molar-refractivity contribution >= 4 is 18.9 Å². The van der Waals surface area contributed by atoms with E-state index in [0.717, 1.165) is 5.69 Å². The molecule has 0 saturated carbocycles. The number of nitrogen functional groups attached to an aromatic ring is 1. The summed E-state index contributed by atoms with van der Waals surface area (Å²) in [4.78, 5) is 0. The van der Waals surface area contributed by atoms with Crippen LogP contribution in [0.1, 0.15) is 26.3 Å². The van der Waals surface area contributed by atoms with Gasteiger partial charge in [0.1, 0.15) is 0 Å². The van der Waals surface area contributed by atoms with Crippen LogP contribution in [0.25, 0.3) is 11.1 Å². The second-order valence-electron chi connectivity index (χ2n) is 7.85. The summed E-state index contributed by atoms with van der Waals surface area (Å²) in [5, 5.41) is 1.52. The van der Waals surface area contributed by atoms with Crippen molar-refractivity contribution in [2.75, 3.05) is 5.73 Å². The van der Waals surface area contributed by atoms with Crippen LogP contribution in [0.2, 0.25) is 19.6 Å². The van der Waals surface area contributed by atoms with E-state index in [1.165, 1.54) is 21.9 Å². The minimum absolute atomic E-state index is 0.124. The van der Waals surface area contributed by atoms with E-state index >= 15 is 0 Å². The van der Waals surface area contributed by atoms with Crippen molar-refractivity contribution in [3.63, 3.8) is 0 Å². The molecule has 2 aromatic rings. The fourth-order valence-electron chi connectivity index (χ4n) is 2.73. The minimum atomic E-state index is -1.43. The zero-order chi connectivity index (χ0) is 15.8. The van der Waals surface area contributed by atoms with E-state index in [1.54, 1.807) is 0 Å². The number of anilines is 1. The van der Waals surface area contributed by atoms with Crippen LogP contribution in [-0.4, -0.2) is 8.07 Å². The van der Waals surface area contributed by atoms with Gasteiger partial charge in [-0.1, -0.05) is 82.0 Å². The molecule has 2 heteroatoms. The van der Waals surface area contributed by atoms with Gasteiger partial charge in [0, 0.05) is 11.3 Å². The molecule has 0 atom stereocenters. The highest BCUT2D eigenvalue weighted by Gasteiger charge is 2.27. The van der Waals surface area contributed by atoms with Crippen LogP contribution in [0.3, 0.4) is 0 Å². The summed E-state index contributed by atoms with van der Waals surface area (Å²) in [6, 6.07) is 15.0. The van der Waals surface area contributed by atoms with Crippen molar-refractivity contribution in [3.8, 4) is 11.1 Å². The molecule has 0 bridgehead atoms. The third-order valence-corrected chi connectivity index (χ3v) is 5.92. The van der Waals surface area contributed by atoms with E-state index in [4.69, 9.17) is 5.73 Å². The first-order valence-electron chi connectivity index (χ1n) is 7.60. The van der Waals surface area contributed by atoms with Gasteiger partial charge >= 0.3 is 0 Å². The van der Waals surface area contributed by atoms with Crippen molar-refractivity contribution in [3.05, 3.63) is 48.0 Å². The Morgan fingerprint density at radius 2 is 1.48 bits per heavy atom. The lowest BCUT2D eigenvalue weighted by Gasteiger charge is -2.30. The molecule has 0 aliphatic carbocycles. The molecular weight excluding hydrogens is 270 g/mol. The third kappa shape index (κ3) is 3.38. The first kappa shape index (κ1) is 15.8. The molecule has 2 aromatic carbocycles. The Balaban J connectivity index is 2.73. The molecule has 0 radical (unpaired) electrons. The predicted molar refractivity (Wildman–Crippen MR) is 98.0 cm³/mol. The van der Waals surface area contributed by atoms with Crippen LogP contribution in [0.4, 0.5) is 5.69 Å². The highest BCUT2D eigenvalue weighted by Crippen LogP contribution is 2.31. The normalized spacial score (nSPS) is 12.5. The monoisotopic (exact) mass is 297 g/mol. The summed E-state index contributed by atoms with van der Waals surface area (Å²) in [5.41, 5.74) is 11.2. The second kappa shape index (κ2) is 5.34. The Morgan fingerprint density at radius 3 is 1.95 bits per heavy atom. The predicted octanol–water partition coefficient (Wildman–Crippen LogP) is 4.78. The standard InChI is InChI=1S/C19H27NSi/c1-19(2,3)16-13-17(20)15(12-18(16)21(4,5)6)14-10-8-7-9-11-14/h7-13H,20H2,1-6H3. The summed E-state index contributed by atoms with van der Waals surface area (Å²) >= 11 is 0. The molecule has 0 saturated heterocycles. The second-order valence-corrected chi connectivity index (χ2v) is 12.9. The minimum Gasteiger partial charge on any atom is -0.398 e. The van der Waals surface area contributed by atoms with Gasteiger partial charge in [-0.2, -0.15) is 0 Å². The van der Waals surface area contributed by atoms with Gasteiger partial charge in [0.25, 0.3) is 0 Å². The number of nitrogens with two attached hydrogens (primary N) is 1. The van der Waals surface area contributed by atoms with Gasteiger partial charge < -0.3 is 5.73 Å². The van der Waals surface area contributed by atoms with Crippen molar-refractivity contribution in [2.24, 2.45) is 0 Å². The lowest BCUT2D eigenvalue weighted by molar-refractivity contribution is 0.594. The van der Waals surface area contributed by atoms with Crippen LogP contribution >= 0.6 is 0 Å². The molecule has 0 heterocycles. The smallest absolute Gasteiger partial charge is 0.0780 e. The van der Waals surface area contributed by atoms with E-state index in [0.29, 0.717) is 0 Å². The fourth-order valence-corrected chi connectivity index (χ4v) is 4.56. The van der Waals surface area contributed by atoms with E-state index in [1.807, 2.05) is 6.07 Å². The maximum absolute atomic E-state index is 6.38. The van der Waals surface area contributed by atoms with Gasteiger partial charge in [0.05, 0.1) is 8.07 Å². The number of hydrogen-bond donors (Lipinski definition) is 1. The molecule has 2 rings (SSSR count). The molecular formula is C19H27NSi. The van der Waals surface area contributed by atoms with Gasteiger partial charge in [0.15, 0.2) is 0 Å². The Kier molecular flexibility index (Phi) is 4.03. The van der Waals surface area contributed by atoms with Crippen LogP contribution < -0.4 is 10.9 Å². The first-order chi connectivity index (χ1) is 9.60. The van der Waals surface area contributed by atoms with E-state index in [2.05, 4.69) is 76.8 Å². The van der Waals surface area contributed by atoms with Crippen LogP contribution in [0, 0.1) is 0 Å². The van der Waals surface area contributed by atoms with Crippen molar-refractivity contribution < 1.29 is 0 Å². The van der Waals surface area contributed by atoms with Gasteiger partial charge in [-0.25, -0.2) is 0 Å². The largest absolute Gasteiger partial charge is 0.398 e. The summed E-state index contributed by atoms with van der Waals surface area (Å²) in [6.07, 6.45) is 0. The Hall–Kier alpha value is -1.54. The molecule has 0 fully saturated rings. The highest BCUT2D eigenvalue weighted by atomic mass is 28.3. The fraction of sp³-hybridized carbons (Fsp3) is 0.368. The van der Waals surface area contributed by atoms with Crippen LogP contribution in [-0.2, 0) is 5.41 Å². The van der Waals surface area contributed by atoms with Crippen molar-refractivity contribution in [2.45, 2.75) is 45.8 Å². The summed E-state index contributed by atoms with van der Waals surface area (Å²) in [6.45, 7) is 14.0. The zero-order valence-electron chi connectivity index (χ0n) is 14.1. The molecule has 0 spiro atoms. The van der Waals surface area contributed by atoms with Gasteiger partial charge in [-0.15, -0.1) is 0 Å². The van der Waals surface area contributed by atoms with Gasteiger partial charge in [0.2, 0.25) is 0 Å². The van der Waals surface area contributed by atoms with Crippen LogP contribution in [0.5, 0.6) is 0 Å². The highest BCUT2D eigenvalue weighted by molar-refractivity contribution is 6.89. The number of benzene rings is 2. The first-order valence-corrected chi connectivity index (χ1v) is 11.1. The summed E-state index contributed by atoms with van der Waals surface area (Å²) < 4.78 is 0. The molecule has 0 unspecified atom stereocenters. The van der Waals surface area contributed by atoms with Gasteiger partial charge in [-0.05, 0) is 22.6 Å². The summed E-state index contributed by atoms with van der Waals surface area (Å²) in [5.74, 6) is 0. The Bertz CT molecular complexity index is 631. The SMILES string of the molecule is CC(C)(C)c1cc(N)c(-c2ccccc2)cc1[Si](C)(C)C. The van der Waals surface area contributed by atoms with E-state index in [-0.39, 0.29) is 5.41 Å². The number of hydrogen-bond acceptors (Lipinski definition) is 1. The van der Waals surface area contributed by atoms with E-state index < -0.39 is 8.07 Å². The van der Waals surface area contributed by atoms with E-state index in [9.17, 15) is 0 Å². The molecule has 0 aliphatic heterocycles. The Morgan fingerprint density at radius 1 is 0.905 bits per heavy atom. The van der Waals surface area contributed by atoms with Crippen molar-refractivity contribution in [1.29, 1.82) is 0 Å². The number of rotatable bonds is 2. The molecule has 112 valence electrons. The maximum Gasteiger partial charge on any atom is 0.0780 e. The molecule has 2 N–H and O–H groups in total.